The predicted molar refractivity (Wildman–Crippen MR) is 133 cm³/mol. The molecule has 1 saturated heterocycles. The average Bonchev–Trinajstić information content (AvgIpc) is 3.25. The summed E-state index contributed by atoms with van der Waals surface area (Å²) in [5, 5.41) is 1.02. The summed E-state index contributed by atoms with van der Waals surface area (Å²) in [6.45, 7) is 11.6. The van der Waals surface area contributed by atoms with Crippen LogP contribution in [0, 0.1) is 3.57 Å². The zero-order valence-electron chi connectivity index (χ0n) is 19.3. The minimum absolute atomic E-state index is 0.122. The van der Waals surface area contributed by atoms with Crippen molar-refractivity contribution in [1.29, 1.82) is 0 Å². The van der Waals surface area contributed by atoms with Gasteiger partial charge in [0.2, 0.25) is 0 Å². The molecule has 0 bridgehead atoms. The van der Waals surface area contributed by atoms with Crippen molar-refractivity contribution in [3.05, 3.63) is 16.1 Å². The lowest BCUT2D eigenvalue weighted by Crippen LogP contribution is -2.44. The summed E-state index contributed by atoms with van der Waals surface area (Å²) < 4.78 is 15.8. The van der Waals surface area contributed by atoms with Crippen LogP contribution in [0.5, 0.6) is 0 Å². The molecule has 1 aliphatic heterocycles. The first-order valence-electron chi connectivity index (χ1n) is 10.3. The molecule has 0 spiro atoms. The number of rotatable bonds is 7. The summed E-state index contributed by atoms with van der Waals surface area (Å²) in [6, 6.07) is 0. The molecule has 1 unspecified atom stereocenters. The Bertz CT molecular complexity index is 943. The molecule has 2 N–H and O–H groups in total. The van der Waals surface area contributed by atoms with Gasteiger partial charge in [-0.3, -0.25) is 4.84 Å². The second kappa shape index (κ2) is 9.39. The average molecular weight is 561 g/mol. The van der Waals surface area contributed by atoms with E-state index in [9.17, 15) is 0 Å². The minimum atomic E-state index is -1.91. The van der Waals surface area contributed by atoms with Crippen molar-refractivity contribution in [1.82, 2.24) is 19.4 Å². The summed E-state index contributed by atoms with van der Waals surface area (Å²) in [5.41, 5.74) is 0.775. The van der Waals surface area contributed by atoms with Gasteiger partial charge in [0.25, 0.3) is 0 Å². The van der Waals surface area contributed by atoms with E-state index in [-0.39, 0.29) is 23.5 Å². The number of nitrogens with zero attached hydrogens (tertiary/aromatic N) is 5. The molecule has 9 nitrogen and oxygen atoms in total. The third-order valence-electron chi connectivity index (χ3n) is 6.03. The topological polar surface area (TPSA) is 100 Å². The van der Waals surface area contributed by atoms with Gasteiger partial charge in [-0.15, -0.1) is 0 Å². The first kappa shape index (κ1) is 24.5. The summed E-state index contributed by atoms with van der Waals surface area (Å²) in [5.74, 6) is 6.24. The highest BCUT2D eigenvalue weighted by Crippen LogP contribution is 2.39. The zero-order chi connectivity index (χ0) is 23.0. The summed E-state index contributed by atoms with van der Waals surface area (Å²) in [6.07, 6.45) is 5.14. The van der Waals surface area contributed by atoms with Crippen molar-refractivity contribution < 1.29 is 14.0 Å². The van der Waals surface area contributed by atoms with Crippen LogP contribution in [-0.2, 0) is 14.0 Å². The molecular weight excluding hydrogens is 527 g/mol. The number of fused-ring (bicyclic) bond motifs is 1. The molecule has 0 aromatic carbocycles. The van der Waals surface area contributed by atoms with Gasteiger partial charge in [-0.05, 0) is 40.7 Å². The summed E-state index contributed by atoms with van der Waals surface area (Å²) >= 11 is 2.28. The minimum Gasteiger partial charge on any atom is -0.414 e. The first-order valence-corrected chi connectivity index (χ1v) is 14.3. The lowest BCUT2D eigenvalue weighted by atomic mass is 10.2. The third kappa shape index (κ3) is 5.28. The van der Waals surface area contributed by atoms with Crippen LogP contribution in [0.2, 0.25) is 18.1 Å². The number of hydrogen-bond acceptors (Lipinski definition) is 7. The van der Waals surface area contributed by atoms with E-state index in [4.69, 9.17) is 19.9 Å². The van der Waals surface area contributed by atoms with E-state index in [1.54, 1.807) is 6.34 Å². The van der Waals surface area contributed by atoms with Crippen LogP contribution in [0.15, 0.2) is 17.5 Å². The molecule has 0 radical (unpaired) electrons. The molecule has 172 valence electrons. The van der Waals surface area contributed by atoms with Crippen molar-refractivity contribution >= 4 is 54.1 Å². The van der Waals surface area contributed by atoms with Crippen molar-refractivity contribution in [2.75, 3.05) is 20.7 Å². The Kier molecular flexibility index (Phi) is 7.43. The standard InChI is InChI=1S/C20H33IN6O3Si/c1-20(2,3)31(6,7)28-10-15-14(30-22)8-16(29-15)27-9-13(21)17-18(25-12-26(4)5)23-11-24-19(17)27/h9,11-12,14-16H,8,10,22H2,1-7H3/b25-12+/t14?,15-,16-/m1/s1. The number of aliphatic imine (C=N–C) groups is 1. The Morgan fingerprint density at radius 2 is 2.10 bits per heavy atom. The Morgan fingerprint density at radius 1 is 1.39 bits per heavy atom. The van der Waals surface area contributed by atoms with Gasteiger partial charge >= 0.3 is 0 Å². The second-order valence-corrected chi connectivity index (χ2v) is 15.6. The molecule has 3 heterocycles. The molecule has 31 heavy (non-hydrogen) atoms. The van der Waals surface area contributed by atoms with Crippen LogP contribution in [0.1, 0.15) is 33.4 Å². The van der Waals surface area contributed by atoms with Gasteiger partial charge in [0.1, 0.15) is 30.4 Å². The predicted octanol–water partition coefficient (Wildman–Crippen LogP) is 3.83. The molecule has 0 aliphatic carbocycles. The van der Waals surface area contributed by atoms with E-state index in [0.29, 0.717) is 18.8 Å². The van der Waals surface area contributed by atoms with Crippen LogP contribution in [-0.4, -0.2) is 67.0 Å². The number of ether oxygens (including phenoxy) is 1. The molecule has 1 aliphatic rings. The van der Waals surface area contributed by atoms with Gasteiger partial charge in [-0.25, -0.2) is 20.9 Å². The van der Waals surface area contributed by atoms with Gasteiger partial charge in [0.15, 0.2) is 14.1 Å². The van der Waals surface area contributed by atoms with Gasteiger partial charge in [0.05, 0.1) is 18.3 Å². The quantitative estimate of drug-likeness (QED) is 0.181. The van der Waals surface area contributed by atoms with Crippen LogP contribution in [0.25, 0.3) is 11.0 Å². The molecule has 2 aromatic rings. The SMILES string of the molecule is CN(C)/C=N/c1ncnc2c1c(I)cn2[C@H]1CC(ON)[C@@H](CO[Si](C)(C)C(C)(C)C)O1. The van der Waals surface area contributed by atoms with Crippen LogP contribution < -0.4 is 5.90 Å². The van der Waals surface area contributed by atoms with E-state index in [1.165, 1.54) is 6.33 Å². The van der Waals surface area contributed by atoms with E-state index >= 15 is 0 Å². The Morgan fingerprint density at radius 3 is 2.71 bits per heavy atom. The van der Waals surface area contributed by atoms with Crippen molar-refractivity contribution in [2.45, 2.75) is 63.8 Å². The molecule has 2 aromatic heterocycles. The van der Waals surface area contributed by atoms with Crippen molar-refractivity contribution in [2.24, 2.45) is 10.9 Å². The van der Waals surface area contributed by atoms with Crippen LogP contribution >= 0.6 is 22.6 Å². The van der Waals surface area contributed by atoms with E-state index < -0.39 is 8.32 Å². The molecule has 11 heteroatoms. The summed E-state index contributed by atoms with van der Waals surface area (Å²) in [7, 11) is 1.93. The number of hydrogen-bond donors (Lipinski definition) is 1. The smallest absolute Gasteiger partial charge is 0.192 e. The lowest BCUT2D eigenvalue weighted by molar-refractivity contribution is -0.0586. The number of aromatic nitrogens is 3. The van der Waals surface area contributed by atoms with Gasteiger partial charge < -0.3 is 18.6 Å². The molecular formula is C20H33IN6O3Si. The lowest BCUT2D eigenvalue weighted by Gasteiger charge is -2.37. The largest absolute Gasteiger partial charge is 0.414 e. The second-order valence-electron chi connectivity index (χ2n) is 9.60. The third-order valence-corrected chi connectivity index (χ3v) is 11.4. The zero-order valence-corrected chi connectivity index (χ0v) is 22.5. The summed E-state index contributed by atoms with van der Waals surface area (Å²) in [4.78, 5) is 20.5. The number of nitrogens with two attached hydrogens (primary N) is 1. The fourth-order valence-electron chi connectivity index (χ4n) is 3.18. The fourth-order valence-corrected chi connectivity index (χ4v) is 4.98. The molecule has 3 atom stereocenters. The molecule has 1 fully saturated rings. The van der Waals surface area contributed by atoms with Gasteiger partial charge in [-0.2, -0.15) is 0 Å². The van der Waals surface area contributed by atoms with E-state index in [1.807, 2.05) is 29.8 Å². The highest BCUT2D eigenvalue weighted by molar-refractivity contribution is 14.1. The Labute approximate surface area is 198 Å². The molecule has 3 rings (SSSR count). The maximum Gasteiger partial charge on any atom is 0.192 e. The normalized spacial score (nSPS) is 22.7. The maximum atomic E-state index is 6.38. The Balaban J connectivity index is 1.84. The highest BCUT2D eigenvalue weighted by Gasteiger charge is 2.42. The van der Waals surface area contributed by atoms with Gasteiger partial charge in [0, 0.05) is 30.3 Å². The highest BCUT2D eigenvalue weighted by atomic mass is 127. The van der Waals surface area contributed by atoms with E-state index in [0.717, 1.165) is 14.6 Å². The maximum absolute atomic E-state index is 6.38. The molecule has 0 amide bonds. The Hall–Kier alpha value is -1.12. The molecule has 0 saturated carbocycles. The van der Waals surface area contributed by atoms with Gasteiger partial charge in [-0.1, -0.05) is 20.8 Å². The van der Waals surface area contributed by atoms with E-state index in [2.05, 4.69) is 71.4 Å². The van der Waals surface area contributed by atoms with Crippen LogP contribution in [0.4, 0.5) is 5.82 Å². The fraction of sp³-hybridized carbons (Fsp3) is 0.650. The number of halogens is 1. The van der Waals surface area contributed by atoms with Crippen molar-refractivity contribution in [3.63, 3.8) is 0 Å². The van der Waals surface area contributed by atoms with Crippen molar-refractivity contribution in [3.8, 4) is 0 Å². The first-order chi connectivity index (χ1) is 14.4. The van der Waals surface area contributed by atoms with Crippen LogP contribution in [0.3, 0.4) is 0 Å². The monoisotopic (exact) mass is 560 g/mol.